The fraction of sp³-hybridized carbons (Fsp3) is 0.154. The number of hydrogen-bond acceptors (Lipinski definition) is 3. The zero-order chi connectivity index (χ0) is 13.0. The number of ether oxygens (including phenoxy) is 1. The zero-order valence-electron chi connectivity index (χ0n) is 9.57. The van der Waals surface area contributed by atoms with Gasteiger partial charge in [-0.2, -0.15) is 0 Å². The fourth-order valence-corrected chi connectivity index (χ4v) is 2.15. The molecule has 0 aliphatic rings. The summed E-state index contributed by atoms with van der Waals surface area (Å²) in [6.45, 7) is 0.660. The molecule has 0 bridgehead atoms. The molecule has 2 aromatic rings. The molecule has 0 atom stereocenters. The first-order valence-corrected chi connectivity index (χ1v) is 6.17. The van der Waals surface area contributed by atoms with Crippen LogP contribution in [0.25, 0.3) is 0 Å². The lowest BCUT2D eigenvalue weighted by atomic mass is 10.2. The number of nitrogens with two attached hydrogens (primary N) is 1. The molecule has 94 valence electrons. The SMILES string of the molecule is NCc1cc(Cl)cc(Cl)c1OCc1ccccn1. The van der Waals surface area contributed by atoms with Crippen LogP contribution < -0.4 is 10.5 Å². The Morgan fingerprint density at radius 1 is 1.22 bits per heavy atom. The van der Waals surface area contributed by atoms with E-state index >= 15 is 0 Å². The van der Waals surface area contributed by atoms with Crippen LogP contribution in [0.15, 0.2) is 36.5 Å². The average molecular weight is 283 g/mol. The van der Waals surface area contributed by atoms with E-state index in [1.807, 2.05) is 18.2 Å². The Morgan fingerprint density at radius 3 is 2.72 bits per heavy atom. The number of nitrogens with zero attached hydrogens (tertiary/aromatic N) is 1. The lowest BCUT2D eigenvalue weighted by Gasteiger charge is -2.12. The Bertz CT molecular complexity index is 532. The summed E-state index contributed by atoms with van der Waals surface area (Å²) in [7, 11) is 0. The van der Waals surface area contributed by atoms with Gasteiger partial charge < -0.3 is 10.5 Å². The van der Waals surface area contributed by atoms with Crippen molar-refractivity contribution in [2.45, 2.75) is 13.2 Å². The van der Waals surface area contributed by atoms with Crippen molar-refractivity contribution < 1.29 is 4.74 Å². The molecule has 0 saturated heterocycles. The molecule has 0 aliphatic heterocycles. The molecule has 0 aliphatic carbocycles. The number of rotatable bonds is 4. The first-order valence-electron chi connectivity index (χ1n) is 5.41. The predicted molar refractivity (Wildman–Crippen MR) is 72.9 cm³/mol. The summed E-state index contributed by atoms with van der Waals surface area (Å²) >= 11 is 12.0. The number of pyridine rings is 1. The van der Waals surface area contributed by atoms with E-state index in [9.17, 15) is 0 Å². The summed E-state index contributed by atoms with van der Waals surface area (Å²) in [5.41, 5.74) is 7.25. The van der Waals surface area contributed by atoms with Gasteiger partial charge in [-0.3, -0.25) is 4.98 Å². The first-order chi connectivity index (χ1) is 8.70. The van der Waals surface area contributed by atoms with Crippen LogP contribution in [0.1, 0.15) is 11.3 Å². The molecule has 0 saturated carbocycles. The molecule has 2 rings (SSSR count). The van der Waals surface area contributed by atoms with E-state index in [-0.39, 0.29) is 0 Å². The minimum absolute atomic E-state index is 0.317. The highest BCUT2D eigenvalue weighted by Gasteiger charge is 2.10. The van der Waals surface area contributed by atoms with Crippen LogP contribution in [0.2, 0.25) is 10.0 Å². The van der Waals surface area contributed by atoms with E-state index in [0.717, 1.165) is 11.3 Å². The standard InChI is InChI=1S/C13H12Cl2N2O/c14-10-5-9(7-16)13(12(15)6-10)18-8-11-3-1-2-4-17-11/h1-6H,7-8,16H2. The quantitative estimate of drug-likeness (QED) is 0.935. The number of benzene rings is 1. The van der Waals surface area contributed by atoms with Gasteiger partial charge in [0.1, 0.15) is 12.4 Å². The van der Waals surface area contributed by atoms with Crippen LogP contribution in [0.3, 0.4) is 0 Å². The molecule has 0 unspecified atom stereocenters. The molecule has 5 heteroatoms. The second-order valence-electron chi connectivity index (χ2n) is 3.69. The maximum atomic E-state index is 6.09. The summed E-state index contributed by atoms with van der Waals surface area (Å²) in [6, 6.07) is 9.02. The van der Waals surface area contributed by atoms with Gasteiger partial charge in [0.2, 0.25) is 0 Å². The third kappa shape index (κ3) is 3.13. The van der Waals surface area contributed by atoms with Crippen LogP contribution in [-0.2, 0) is 13.2 Å². The van der Waals surface area contributed by atoms with Crippen molar-refractivity contribution in [1.29, 1.82) is 0 Å². The molecule has 18 heavy (non-hydrogen) atoms. The maximum Gasteiger partial charge on any atom is 0.143 e. The van der Waals surface area contributed by atoms with Crippen LogP contribution in [0, 0.1) is 0 Å². The van der Waals surface area contributed by atoms with Gasteiger partial charge in [-0.15, -0.1) is 0 Å². The van der Waals surface area contributed by atoms with Gasteiger partial charge in [-0.05, 0) is 24.3 Å². The lowest BCUT2D eigenvalue weighted by molar-refractivity contribution is 0.298. The molecular formula is C13H12Cl2N2O. The smallest absolute Gasteiger partial charge is 0.143 e. The predicted octanol–water partition coefficient (Wildman–Crippen LogP) is 3.43. The van der Waals surface area contributed by atoms with E-state index in [2.05, 4.69) is 4.98 Å². The Labute approximate surface area is 115 Å². The largest absolute Gasteiger partial charge is 0.485 e. The molecule has 0 spiro atoms. The molecule has 1 aromatic heterocycles. The van der Waals surface area contributed by atoms with Crippen molar-refractivity contribution in [1.82, 2.24) is 4.98 Å². The van der Waals surface area contributed by atoms with Crippen molar-refractivity contribution in [3.05, 3.63) is 57.8 Å². The van der Waals surface area contributed by atoms with E-state index < -0.39 is 0 Å². The molecule has 0 amide bonds. The van der Waals surface area contributed by atoms with Gasteiger partial charge in [0, 0.05) is 23.3 Å². The van der Waals surface area contributed by atoms with Crippen LogP contribution >= 0.6 is 23.2 Å². The summed E-state index contributed by atoms with van der Waals surface area (Å²) in [5, 5.41) is 1.00. The number of hydrogen-bond donors (Lipinski definition) is 1. The molecular weight excluding hydrogens is 271 g/mol. The first kappa shape index (κ1) is 13.1. The highest BCUT2D eigenvalue weighted by atomic mass is 35.5. The van der Waals surface area contributed by atoms with Crippen molar-refractivity contribution >= 4 is 23.2 Å². The van der Waals surface area contributed by atoms with Gasteiger partial charge in [-0.1, -0.05) is 29.3 Å². The third-order valence-electron chi connectivity index (χ3n) is 2.40. The van der Waals surface area contributed by atoms with Gasteiger partial charge >= 0.3 is 0 Å². The Kier molecular flexibility index (Phi) is 4.42. The zero-order valence-corrected chi connectivity index (χ0v) is 11.1. The summed E-state index contributed by atoms with van der Waals surface area (Å²) in [5.74, 6) is 0.564. The van der Waals surface area contributed by atoms with Crippen LogP contribution in [0.5, 0.6) is 5.75 Å². The van der Waals surface area contributed by atoms with Gasteiger partial charge in [0.25, 0.3) is 0 Å². The molecule has 0 radical (unpaired) electrons. The van der Waals surface area contributed by atoms with Gasteiger partial charge in [0.15, 0.2) is 0 Å². The normalized spacial score (nSPS) is 10.4. The van der Waals surface area contributed by atoms with E-state index in [1.165, 1.54) is 0 Å². The Morgan fingerprint density at radius 2 is 2.06 bits per heavy atom. The molecule has 1 aromatic carbocycles. The Balaban J connectivity index is 2.19. The van der Waals surface area contributed by atoms with Crippen molar-refractivity contribution in [3.8, 4) is 5.75 Å². The maximum absolute atomic E-state index is 6.09. The van der Waals surface area contributed by atoms with Crippen molar-refractivity contribution in [3.63, 3.8) is 0 Å². The monoisotopic (exact) mass is 282 g/mol. The third-order valence-corrected chi connectivity index (χ3v) is 2.89. The van der Waals surface area contributed by atoms with Crippen LogP contribution in [0.4, 0.5) is 0 Å². The molecule has 0 fully saturated rings. The van der Waals surface area contributed by atoms with Crippen molar-refractivity contribution in [2.75, 3.05) is 0 Å². The minimum Gasteiger partial charge on any atom is -0.485 e. The fourth-order valence-electron chi connectivity index (χ4n) is 1.56. The summed E-state index contributed by atoms with van der Waals surface area (Å²) in [6.07, 6.45) is 1.71. The van der Waals surface area contributed by atoms with E-state index in [4.69, 9.17) is 33.7 Å². The van der Waals surface area contributed by atoms with Gasteiger partial charge in [-0.25, -0.2) is 0 Å². The second-order valence-corrected chi connectivity index (χ2v) is 4.53. The van der Waals surface area contributed by atoms with Crippen LogP contribution in [-0.4, -0.2) is 4.98 Å². The Hall–Kier alpha value is -1.29. The summed E-state index contributed by atoms with van der Waals surface area (Å²) < 4.78 is 5.67. The highest BCUT2D eigenvalue weighted by molar-refractivity contribution is 6.35. The molecule has 2 N–H and O–H groups in total. The topological polar surface area (TPSA) is 48.1 Å². The minimum atomic E-state index is 0.317. The number of halogens is 2. The lowest BCUT2D eigenvalue weighted by Crippen LogP contribution is -2.04. The van der Waals surface area contributed by atoms with Gasteiger partial charge in [0.05, 0.1) is 10.7 Å². The second kappa shape index (κ2) is 6.05. The molecule has 1 heterocycles. The molecule has 3 nitrogen and oxygen atoms in total. The van der Waals surface area contributed by atoms with E-state index in [0.29, 0.717) is 28.9 Å². The summed E-state index contributed by atoms with van der Waals surface area (Å²) in [4.78, 5) is 4.17. The van der Waals surface area contributed by atoms with Crippen molar-refractivity contribution in [2.24, 2.45) is 5.73 Å². The average Bonchev–Trinajstić information content (AvgIpc) is 2.38. The number of aromatic nitrogens is 1. The highest BCUT2D eigenvalue weighted by Crippen LogP contribution is 2.32. The van der Waals surface area contributed by atoms with E-state index in [1.54, 1.807) is 18.3 Å².